The number of oxazole rings is 1. The molecule has 14 nitrogen and oxygen atoms in total. The number of esters is 1. The Morgan fingerprint density at radius 2 is 1.86 bits per heavy atom. The van der Waals surface area contributed by atoms with Gasteiger partial charge in [0.25, 0.3) is 11.8 Å². The van der Waals surface area contributed by atoms with E-state index >= 15 is 0 Å². The second-order valence-corrected chi connectivity index (χ2v) is 9.70. The van der Waals surface area contributed by atoms with Crippen molar-refractivity contribution in [3.8, 4) is 0 Å². The van der Waals surface area contributed by atoms with Crippen molar-refractivity contribution < 1.29 is 33.4 Å². The number of nitrogens with zero attached hydrogens (tertiary/aromatic N) is 4. The quantitative estimate of drug-likeness (QED) is 0.202. The molecule has 0 fully saturated rings. The van der Waals surface area contributed by atoms with Crippen LogP contribution in [-0.2, 0) is 17.7 Å². The molecular weight excluding hydrogens is 594 g/mol. The van der Waals surface area contributed by atoms with E-state index in [1.54, 1.807) is 18.2 Å². The molecule has 0 aliphatic heterocycles. The van der Waals surface area contributed by atoms with Gasteiger partial charge >= 0.3 is 11.9 Å². The van der Waals surface area contributed by atoms with Gasteiger partial charge in [0, 0.05) is 25.6 Å². The van der Waals surface area contributed by atoms with Crippen LogP contribution in [0.5, 0.6) is 0 Å². The largest absolute Gasteiger partial charge is 0.477 e. The number of carboxylic acids is 1. The molecule has 44 heavy (non-hydrogen) atoms. The third-order valence-electron chi connectivity index (χ3n) is 6.87. The molecule has 0 unspecified atom stereocenters. The Morgan fingerprint density at radius 1 is 1.09 bits per heavy atom. The number of nitrogens with one attached hydrogen (secondary N) is 1. The van der Waals surface area contributed by atoms with Crippen molar-refractivity contribution in [1.82, 2.24) is 24.9 Å². The fourth-order valence-corrected chi connectivity index (χ4v) is 4.82. The van der Waals surface area contributed by atoms with Gasteiger partial charge in [-0.25, -0.2) is 24.1 Å². The Hall–Kier alpha value is -5.34. The summed E-state index contributed by atoms with van der Waals surface area (Å²) in [6.07, 6.45) is 1.26. The molecule has 6 N–H and O–H groups in total. The highest BCUT2D eigenvalue weighted by atomic mass is 35.5. The number of aryl methyl sites for hydroxylation is 2. The van der Waals surface area contributed by atoms with Gasteiger partial charge in [0.1, 0.15) is 11.2 Å². The molecule has 3 aromatic heterocycles. The van der Waals surface area contributed by atoms with E-state index in [1.807, 2.05) is 25.1 Å². The molecule has 3 heterocycles. The van der Waals surface area contributed by atoms with Crippen molar-refractivity contribution in [2.45, 2.75) is 32.4 Å². The van der Waals surface area contributed by atoms with Gasteiger partial charge in [0.15, 0.2) is 28.5 Å². The maximum atomic E-state index is 12.8. The van der Waals surface area contributed by atoms with E-state index in [1.165, 1.54) is 13.2 Å². The van der Waals surface area contributed by atoms with Crippen LogP contribution in [0, 0.1) is 6.92 Å². The molecule has 0 radical (unpaired) electrons. The standard InChI is InChI=1S/C20H17N5O6.C9H10N2O.ClH/c1-31-20(30)10-2-4-11-9(6-10)3-5-12(11)23-18(27)14-7-15(19(28)29)25-16(22-14)8-13(24-25)17(21)26;1-6-11-8-4-7(5-10)2-3-9(8)12-6;/h2,4,6-8,12H,3,5H2,1H3,(H2,21,26)(H,23,27)(H,28,29);2-4H,5,10H2,1H3;1H/t12-;;/m0../s1. The number of aromatic carboxylic acids is 1. The maximum absolute atomic E-state index is 12.8. The lowest BCUT2D eigenvalue weighted by Gasteiger charge is -2.14. The predicted octanol–water partition coefficient (Wildman–Crippen LogP) is 2.75. The molecule has 1 atom stereocenters. The Bertz CT molecular complexity index is 1920. The highest BCUT2D eigenvalue weighted by Gasteiger charge is 2.27. The second kappa shape index (κ2) is 12.9. The van der Waals surface area contributed by atoms with Crippen LogP contribution in [0.3, 0.4) is 0 Å². The van der Waals surface area contributed by atoms with Crippen LogP contribution in [0.1, 0.15) is 76.9 Å². The van der Waals surface area contributed by atoms with Crippen molar-refractivity contribution in [1.29, 1.82) is 0 Å². The number of nitrogens with two attached hydrogens (primary N) is 2. The number of carbonyl (C=O) groups excluding carboxylic acids is 3. The summed E-state index contributed by atoms with van der Waals surface area (Å²) in [6.45, 7) is 2.38. The normalized spacial score (nSPS) is 13.4. The van der Waals surface area contributed by atoms with Gasteiger partial charge < -0.3 is 31.0 Å². The first kappa shape index (κ1) is 31.6. The van der Waals surface area contributed by atoms with Crippen LogP contribution < -0.4 is 16.8 Å². The Morgan fingerprint density at radius 3 is 2.55 bits per heavy atom. The van der Waals surface area contributed by atoms with Gasteiger partial charge in [-0.1, -0.05) is 12.1 Å². The Balaban J connectivity index is 0.000000284. The molecule has 2 amide bonds. The van der Waals surface area contributed by atoms with Crippen molar-refractivity contribution >= 4 is 52.9 Å². The third kappa shape index (κ3) is 6.35. The summed E-state index contributed by atoms with van der Waals surface area (Å²) in [4.78, 5) is 55.8. The van der Waals surface area contributed by atoms with Crippen molar-refractivity contribution in [2.24, 2.45) is 11.5 Å². The smallest absolute Gasteiger partial charge is 0.354 e. The molecular formula is C29H28ClN7O7. The SMILES string of the molecule is COC(=O)c1ccc2c(c1)CC[C@@H]2NC(=O)c1cc(C(=O)O)n2nc(C(N)=O)cc2n1.Cc1nc2cc(CN)ccc2o1.Cl. The number of rotatable bonds is 6. The number of fused-ring (bicyclic) bond motifs is 3. The van der Waals surface area contributed by atoms with Gasteiger partial charge in [-0.15, -0.1) is 12.4 Å². The lowest BCUT2D eigenvalue weighted by Crippen LogP contribution is -2.28. The molecule has 1 aliphatic carbocycles. The highest BCUT2D eigenvalue weighted by molar-refractivity contribution is 5.97. The average Bonchev–Trinajstić information content (AvgIpc) is 3.71. The molecule has 5 aromatic rings. The summed E-state index contributed by atoms with van der Waals surface area (Å²) in [6, 6.07) is 12.9. The molecule has 15 heteroatoms. The first-order chi connectivity index (χ1) is 20.6. The number of aromatic nitrogens is 4. The molecule has 0 bridgehead atoms. The lowest BCUT2D eigenvalue weighted by molar-refractivity contribution is 0.0599. The van der Waals surface area contributed by atoms with E-state index in [-0.39, 0.29) is 41.2 Å². The molecule has 1 aliphatic rings. The minimum absolute atomic E-state index is 0. The van der Waals surface area contributed by atoms with Crippen molar-refractivity contribution in [3.05, 3.63) is 93.8 Å². The van der Waals surface area contributed by atoms with Gasteiger partial charge in [-0.2, -0.15) is 5.10 Å². The van der Waals surface area contributed by atoms with Crippen LogP contribution in [0.4, 0.5) is 0 Å². The summed E-state index contributed by atoms with van der Waals surface area (Å²) in [5.41, 5.74) is 15.0. The Labute approximate surface area is 255 Å². The number of amides is 2. The first-order valence-electron chi connectivity index (χ1n) is 13.1. The zero-order valence-electron chi connectivity index (χ0n) is 23.6. The highest BCUT2D eigenvalue weighted by Crippen LogP contribution is 2.32. The maximum Gasteiger partial charge on any atom is 0.354 e. The van der Waals surface area contributed by atoms with Crippen LogP contribution in [0.2, 0.25) is 0 Å². The number of carbonyl (C=O) groups is 4. The number of hydrogen-bond donors (Lipinski definition) is 4. The van der Waals surface area contributed by atoms with Crippen LogP contribution in [0.15, 0.2) is 52.9 Å². The Kier molecular flexibility index (Phi) is 9.26. The van der Waals surface area contributed by atoms with Gasteiger partial charge in [-0.3, -0.25) is 9.59 Å². The topological polar surface area (TPSA) is 218 Å². The lowest BCUT2D eigenvalue weighted by atomic mass is 10.0. The minimum Gasteiger partial charge on any atom is -0.477 e. The number of ether oxygens (including phenoxy) is 1. The van der Waals surface area contributed by atoms with E-state index in [0.29, 0.717) is 30.8 Å². The molecule has 0 spiro atoms. The number of primary amides is 1. The summed E-state index contributed by atoms with van der Waals surface area (Å²) in [5, 5.41) is 16.1. The van der Waals surface area contributed by atoms with Gasteiger partial charge in [0.05, 0.1) is 18.7 Å². The first-order valence-corrected chi connectivity index (χ1v) is 13.1. The van der Waals surface area contributed by atoms with E-state index in [0.717, 1.165) is 38.4 Å². The predicted molar refractivity (Wildman–Crippen MR) is 159 cm³/mol. The number of hydrogen-bond acceptors (Lipinski definition) is 10. The van der Waals surface area contributed by atoms with Gasteiger partial charge in [0.2, 0.25) is 0 Å². The number of benzene rings is 2. The summed E-state index contributed by atoms with van der Waals surface area (Å²) >= 11 is 0. The van der Waals surface area contributed by atoms with E-state index in [9.17, 15) is 24.3 Å². The molecule has 0 saturated carbocycles. The van der Waals surface area contributed by atoms with E-state index in [4.69, 9.17) is 20.6 Å². The fourth-order valence-electron chi connectivity index (χ4n) is 4.82. The van der Waals surface area contributed by atoms with Crippen molar-refractivity contribution in [2.75, 3.05) is 7.11 Å². The zero-order valence-corrected chi connectivity index (χ0v) is 24.4. The summed E-state index contributed by atoms with van der Waals surface area (Å²) < 4.78 is 11.0. The summed E-state index contributed by atoms with van der Waals surface area (Å²) in [5.74, 6) is -2.52. The van der Waals surface area contributed by atoms with Gasteiger partial charge in [-0.05, 0) is 53.8 Å². The number of carboxylic acid groups (broad SMARTS) is 1. The van der Waals surface area contributed by atoms with E-state index < -0.39 is 23.8 Å². The second-order valence-electron chi connectivity index (χ2n) is 9.70. The van der Waals surface area contributed by atoms with Crippen LogP contribution in [-0.4, -0.2) is 55.6 Å². The third-order valence-corrected chi connectivity index (χ3v) is 6.87. The summed E-state index contributed by atoms with van der Waals surface area (Å²) in [7, 11) is 1.31. The average molecular weight is 622 g/mol. The molecule has 228 valence electrons. The van der Waals surface area contributed by atoms with Crippen molar-refractivity contribution in [3.63, 3.8) is 0 Å². The molecule has 6 rings (SSSR count). The van der Waals surface area contributed by atoms with E-state index in [2.05, 4.69) is 20.4 Å². The minimum atomic E-state index is -1.35. The van der Waals surface area contributed by atoms with Crippen LogP contribution >= 0.6 is 12.4 Å². The fraction of sp³-hybridized carbons (Fsp3) is 0.207. The van der Waals surface area contributed by atoms with Crippen LogP contribution in [0.25, 0.3) is 16.7 Å². The number of methoxy groups -OCH3 is 1. The number of halogens is 1. The zero-order chi connectivity index (χ0) is 30.8. The molecule has 0 saturated heterocycles. The monoisotopic (exact) mass is 621 g/mol. The molecule has 2 aromatic carbocycles.